The fourth-order valence-electron chi connectivity index (χ4n) is 2.92. The zero-order valence-electron chi connectivity index (χ0n) is 12.6. The van der Waals surface area contributed by atoms with Crippen molar-refractivity contribution in [3.05, 3.63) is 70.9 Å². The number of amides is 1. The number of carbonyl (C=O) groups excluding carboxylic acids is 1. The van der Waals surface area contributed by atoms with Gasteiger partial charge in [0, 0.05) is 5.92 Å². The number of aromatic amines is 1. The lowest BCUT2D eigenvalue weighted by Gasteiger charge is -2.33. The van der Waals surface area contributed by atoms with E-state index in [0.717, 1.165) is 5.56 Å². The highest BCUT2D eigenvalue weighted by Crippen LogP contribution is 2.31. The summed E-state index contributed by atoms with van der Waals surface area (Å²) in [6.07, 6.45) is 7.61. The molecule has 120 valence electrons. The average molecular weight is 338 g/mol. The molecule has 1 aliphatic heterocycles. The second kappa shape index (κ2) is 6.01. The van der Waals surface area contributed by atoms with Crippen molar-refractivity contribution in [3.8, 4) is 0 Å². The molecule has 2 aliphatic rings. The van der Waals surface area contributed by atoms with Crippen LogP contribution in [0, 0.1) is 16.7 Å². The summed E-state index contributed by atoms with van der Waals surface area (Å²) >= 11 is 4.95. The number of aromatic nitrogens is 2. The number of hydrazone groups is 1. The van der Waals surface area contributed by atoms with Gasteiger partial charge in [0.15, 0.2) is 0 Å². The molecular formula is C17H14N4O2S. The lowest BCUT2D eigenvalue weighted by atomic mass is 9.82. The summed E-state index contributed by atoms with van der Waals surface area (Å²) in [6.45, 7) is 0.398. The maximum Gasteiger partial charge on any atom is 0.284 e. The van der Waals surface area contributed by atoms with E-state index in [4.69, 9.17) is 16.6 Å². The number of nitrogens with zero attached hydrogens (tertiary/aromatic N) is 3. The Bertz CT molecular complexity index is 910. The van der Waals surface area contributed by atoms with Crippen LogP contribution in [0.2, 0.25) is 0 Å². The van der Waals surface area contributed by atoms with E-state index in [1.54, 1.807) is 0 Å². The predicted octanol–water partition coefficient (Wildman–Crippen LogP) is 2.84. The summed E-state index contributed by atoms with van der Waals surface area (Å²) in [4.78, 5) is 13.0. The molecule has 2 aromatic rings. The van der Waals surface area contributed by atoms with Crippen LogP contribution in [0.5, 0.6) is 0 Å². The molecule has 1 N–H and O–H groups in total. The Morgan fingerprint density at radius 3 is 2.62 bits per heavy atom. The minimum absolute atomic E-state index is 0.0395. The highest BCUT2D eigenvalue weighted by Gasteiger charge is 2.39. The van der Waals surface area contributed by atoms with Gasteiger partial charge in [0.2, 0.25) is 0 Å². The van der Waals surface area contributed by atoms with E-state index >= 15 is 0 Å². The van der Waals surface area contributed by atoms with Crippen molar-refractivity contribution >= 4 is 23.8 Å². The van der Waals surface area contributed by atoms with Crippen LogP contribution in [0.15, 0.2) is 64.2 Å². The topological polar surface area (TPSA) is 74.5 Å². The number of nitrogens with one attached hydrogen (secondary N) is 1. The molecule has 0 unspecified atom stereocenters. The zero-order chi connectivity index (χ0) is 16.5. The Morgan fingerprint density at radius 2 is 1.92 bits per heavy atom. The van der Waals surface area contributed by atoms with Gasteiger partial charge in [-0.1, -0.05) is 54.6 Å². The molecule has 24 heavy (non-hydrogen) atoms. The number of hydrogen-bond donors (Lipinski definition) is 1. The van der Waals surface area contributed by atoms with E-state index in [-0.39, 0.29) is 22.6 Å². The smallest absolute Gasteiger partial charge is 0.284 e. The van der Waals surface area contributed by atoms with Gasteiger partial charge in [-0.3, -0.25) is 4.79 Å². The summed E-state index contributed by atoms with van der Waals surface area (Å²) < 4.78 is 5.43. The second-order valence-electron chi connectivity index (χ2n) is 5.61. The minimum Gasteiger partial charge on any atom is -0.408 e. The van der Waals surface area contributed by atoms with Crippen LogP contribution in [0.3, 0.4) is 0 Å². The van der Waals surface area contributed by atoms with Crippen LogP contribution in [-0.4, -0.2) is 26.8 Å². The number of allylic oxidation sites excluding steroid dienone is 3. The van der Waals surface area contributed by atoms with Crippen LogP contribution < -0.4 is 0 Å². The fourth-order valence-corrected chi connectivity index (χ4v) is 3.04. The van der Waals surface area contributed by atoms with E-state index in [0.29, 0.717) is 18.1 Å². The SMILES string of the molecule is O=C1[C@H]2C=CC=C[C@H]2C(c2n[nH]c(=S)o2)=NN1Cc1ccccc1. The Hall–Kier alpha value is -2.80. The quantitative estimate of drug-likeness (QED) is 0.873. The van der Waals surface area contributed by atoms with Crippen molar-refractivity contribution in [1.29, 1.82) is 0 Å². The first-order valence-corrected chi connectivity index (χ1v) is 7.98. The van der Waals surface area contributed by atoms with Gasteiger partial charge in [-0.25, -0.2) is 10.1 Å². The van der Waals surface area contributed by atoms with Crippen molar-refractivity contribution in [2.45, 2.75) is 6.54 Å². The maximum atomic E-state index is 12.8. The lowest BCUT2D eigenvalue weighted by molar-refractivity contribution is -0.136. The van der Waals surface area contributed by atoms with E-state index in [2.05, 4.69) is 15.3 Å². The molecule has 0 radical (unpaired) electrons. The summed E-state index contributed by atoms with van der Waals surface area (Å²) in [5.41, 5.74) is 1.61. The van der Waals surface area contributed by atoms with Gasteiger partial charge in [0.05, 0.1) is 12.5 Å². The van der Waals surface area contributed by atoms with Crippen LogP contribution in [0.25, 0.3) is 0 Å². The van der Waals surface area contributed by atoms with Crippen LogP contribution in [0.4, 0.5) is 0 Å². The number of benzene rings is 1. The van der Waals surface area contributed by atoms with E-state index in [9.17, 15) is 4.79 Å². The van der Waals surface area contributed by atoms with Crippen molar-refractivity contribution in [2.75, 3.05) is 0 Å². The standard InChI is InChI=1S/C17H14N4O2S/c22-16-13-9-5-4-8-12(13)14(15-18-19-17(24)23-15)20-21(16)10-11-6-2-1-3-7-11/h1-9,12-13H,10H2,(H,19,24)/t12-,13+/m1/s1. The molecular weight excluding hydrogens is 324 g/mol. The fraction of sp³-hybridized carbons (Fsp3) is 0.176. The van der Waals surface area contributed by atoms with Gasteiger partial charge in [-0.05, 0) is 17.8 Å². The lowest BCUT2D eigenvalue weighted by Crippen LogP contribution is -2.43. The molecule has 1 aliphatic carbocycles. The molecule has 1 aromatic carbocycles. The number of carbonyl (C=O) groups is 1. The highest BCUT2D eigenvalue weighted by atomic mass is 32.1. The third-order valence-corrected chi connectivity index (χ3v) is 4.23. The van der Waals surface area contributed by atoms with E-state index in [1.807, 2.05) is 54.6 Å². The molecule has 0 bridgehead atoms. The summed E-state index contributed by atoms with van der Waals surface area (Å²) in [5, 5.41) is 12.7. The number of hydrogen-bond acceptors (Lipinski definition) is 5. The number of rotatable bonds is 3. The highest BCUT2D eigenvalue weighted by molar-refractivity contribution is 7.71. The Morgan fingerprint density at radius 1 is 1.17 bits per heavy atom. The predicted molar refractivity (Wildman–Crippen MR) is 90.5 cm³/mol. The largest absolute Gasteiger partial charge is 0.408 e. The van der Waals surface area contributed by atoms with Crippen LogP contribution in [-0.2, 0) is 11.3 Å². The number of fused-ring (bicyclic) bond motifs is 1. The molecule has 0 saturated carbocycles. The Balaban J connectivity index is 1.75. The van der Waals surface area contributed by atoms with Crippen molar-refractivity contribution in [1.82, 2.24) is 15.2 Å². The molecule has 7 heteroatoms. The summed E-state index contributed by atoms with van der Waals surface area (Å²) in [6, 6.07) is 9.74. The first-order valence-electron chi connectivity index (χ1n) is 7.57. The summed E-state index contributed by atoms with van der Waals surface area (Å²) in [5.74, 6) is -0.231. The molecule has 2 heterocycles. The third kappa shape index (κ3) is 2.63. The molecule has 6 nitrogen and oxygen atoms in total. The van der Waals surface area contributed by atoms with Crippen molar-refractivity contribution < 1.29 is 9.21 Å². The first-order chi connectivity index (χ1) is 11.7. The molecule has 2 atom stereocenters. The van der Waals surface area contributed by atoms with Crippen LogP contribution in [0.1, 0.15) is 11.5 Å². The second-order valence-corrected chi connectivity index (χ2v) is 5.98. The van der Waals surface area contributed by atoms with Gasteiger partial charge in [-0.2, -0.15) is 5.10 Å². The normalized spacial score (nSPS) is 22.4. The monoisotopic (exact) mass is 338 g/mol. The van der Waals surface area contributed by atoms with E-state index < -0.39 is 0 Å². The molecule has 1 amide bonds. The minimum atomic E-state index is -0.313. The van der Waals surface area contributed by atoms with Gasteiger partial charge in [0.1, 0.15) is 5.71 Å². The molecule has 0 fully saturated rings. The first kappa shape index (κ1) is 14.8. The molecule has 4 rings (SSSR count). The Kier molecular flexibility index (Phi) is 3.70. The summed E-state index contributed by atoms with van der Waals surface area (Å²) in [7, 11) is 0. The maximum absolute atomic E-state index is 12.8. The van der Waals surface area contributed by atoms with E-state index in [1.165, 1.54) is 5.01 Å². The molecule has 0 saturated heterocycles. The van der Waals surface area contributed by atoms with Gasteiger partial charge in [-0.15, -0.1) is 5.10 Å². The third-order valence-electron chi connectivity index (χ3n) is 4.05. The molecule has 1 aromatic heterocycles. The average Bonchev–Trinajstić information content (AvgIpc) is 3.05. The van der Waals surface area contributed by atoms with Crippen molar-refractivity contribution in [3.63, 3.8) is 0 Å². The van der Waals surface area contributed by atoms with Gasteiger partial charge >= 0.3 is 0 Å². The van der Waals surface area contributed by atoms with Crippen molar-refractivity contribution in [2.24, 2.45) is 16.9 Å². The zero-order valence-corrected chi connectivity index (χ0v) is 13.4. The van der Waals surface area contributed by atoms with Gasteiger partial charge < -0.3 is 4.42 Å². The molecule has 0 spiro atoms. The Labute approximate surface area is 143 Å². The number of H-pyrrole nitrogens is 1. The van der Waals surface area contributed by atoms with Crippen LogP contribution >= 0.6 is 12.2 Å². The van der Waals surface area contributed by atoms with Gasteiger partial charge in [0.25, 0.3) is 16.6 Å².